The average Bonchev–Trinajstić information content (AvgIpc) is 3.46. The maximum Gasteiger partial charge on any atom is 0.244 e. The van der Waals surface area contributed by atoms with E-state index in [4.69, 9.17) is 5.73 Å². The zero-order chi connectivity index (χ0) is 32.4. The Labute approximate surface area is 263 Å². The van der Waals surface area contributed by atoms with E-state index in [0.717, 1.165) is 17.7 Å². The smallest absolute Gasteiger partial charge is 0.244 e. The second-order valence-electron chi connectivity index (χ2n) is 12.6. The van der Waals surface area contributed by atoms with E-state index in [1.807, 2.05) is 43.5 Å². The topological polar surface area (TPSA) is 168 Å². The standard InChI is InChI=1S/C34H38N10O/c1-6-9-27-25(10-7-13-38-27)21(2)29(28-19-44(43-42-28)34(32(37)45)11-8-12-34)41-24-14-22(16-35)30-26(15-24)31(23(17-36)18-39-30)40-20-33(3,4)5/h6-7,9-10,13-15,18-19,29,41-43H,2,8,11-12,20H2,1,3-5H3,(H2,37,45)(H,39,40)/b9-6-/t29-/m0/s1. The molecule has 0 radical (unpaired) electrons. The number of nitriles is 2. The quantitative estimate of drug-likeness (QED) is 0.215. The Morgan fingerprint density at radius 3 is 2.62 bits per heavy atom. The molecule has 3 aromatic rings. The van der Waals surface area contributed by atoms with Crippen LogP contribution in [-0.4, -0.2) is 39.0 Å². The molecule has 5 rings (SSSR count). The molecule has 0 unspecified atom stereocenters. The number of pyridine rings is 2. The van der Waals surface area contributed by atoms with Crippen LogP contribution in [0.15, 0.2) is 61.2 Å². The third-order valence-electron chi connectivity index (χ3n) is 8.18. The second-order valence-corrected chi connectivity index (χ2v) is 12.6. The normalized spacial score (nSPS) is 16.2. The third-order valence-corrected chi connectivity index (χ3v) is 8.18. The minimum absolute atomic E-state index is 0.0599. The number of amides is 1. The van der Waals surface area contributed by atoms with Crippen LogP contribution in [0.3, 0.4) is 0 Å². The maximum atomic E-state index is 12.5. The zero-order valence-corrected chi connectivity index (χ0v) is 26.0. The van der Waals surface area contributed by atoms with Gasteiger partial charge in [-0.05, 0) is 61.4 Å². The van der Waals surface area contributed by atoms with Crippen LogP contribution >= 0.6 is 0 Å². The van der Waals surface area contributed by atoms with Gasteiger partial charge in [-0.3, -0.25) is 19.8 Å². The van der Waals surface area contributed by atoms with Crippen molar-refractivity contribution in [3.63, 3.8) is 0 Å². The van der Waals surface area contributed by atoms with Crippen LogP contribution in [-0.2, 0) is 4.79 Å². The molecule has 230 valence electrons. The minimum Gasteiger partial charge on any atom is -0.383 e. The molecule has 1 aliphatic carbocycles. The first kappa shape index (κ1) is 31.0. The summed E-state index contributed by atoms with van der Waals surface area (Å²) in [5.41, 5.74) is 16.7. The molecule has 3 heterocycles. The summed E-state index contributed by atoms with van der Waals surface area (Å²) in [4.78, 5) is 21.5. The lowest BCUT2D eigenvalue weighted by molar-refractivity contribution is -0.136. The van der Waals surface area contributed by atoms with Crippen molar-refractivity contribution in [1.82, 2.24) is 25.9 Å². The molecule has 2 aliphatic rings. The Bertz CT molecular complexity index is 1800. The SMILES string of the molecule is C=C(c1cccnc1/C=C\C)[C@H](Nc1cc(C#N)c2ncc(C#N)c(NCC(C)(C)C)c2c1)C1=CN(C2(C(N)=O)CCC2)NN1. The highest BCUT2D eigenvalue weighted by atomic mass is 16.2. The van der Waals surface area contributed by atoms with Crippen molar-refractivity contribution in [2.75, 3.05) is 17.2 Å². The first-order valence-corrected chi connectivity index (χ1v) is 14.9. The van der Waals surface area contributed by atoms with E-state index in [1.54, 1.807) is 17.3 Å². The monoisotopic (exact) mass is 602 g/mol. The lowest BCUT2D eigenvalue weighted by atomic mass is 9.75. The van der Waals surface area contributed by atoms with Crippen LogP contribution in [0, 0.1) is 28.1 Å². The fraction of sp³-hybridized carbons (Fsp3) is 0.324. The summed E-state index contributed by atoms with van der Waals surface area (Å²) in [5.74, 6) is -0.393. The number of rotatable bonds is 10. The largest absolute Gasteiger partial charge is 0.383 e. The molecule has 11 nitrogen and oxygen atoms in total. The van der Waals surface area contributed by atoms with Gasteiger partial charge in [0.15, 0.2) is 0 Å². The van der Waals surface area contributed by atoms with Gasteiger partial charge in [0.25, 0.3) is 0 Å². The van der Waals surface area contributed by atoms with Crippen LogP contribution in [0.1, 0.15) is 69.3 Å². The molecule has 1 atom stereocenters. The number of primary amides is 1. The van der Waals surface area contributed by atoms with Gasteiger partial charge < -0.3 is 21.8 Å². The summed E-state index contributed by atoms with van der Waals surface area (Å²) in [5, 5.41) is 29.5. The summed E-state index contributed by atoms with van der Waals surface area (Å²) in [6.07, 6.45) is 11.1. The van der Waals surface area contributed by atoms with Gasteiger partial charge in [-0.15, -0.1) is 5.53 Å². The fourth-order valence-corrected chi connectivity index (χ4v) is 5.58. The molecule has 0 saturated heterocycles. The number of nitrogens with two attached hydrogens (primary N) is 1. The van der Waals surface area contributed by atoms with E-state index in [9.17, 15) is 15.3 Å². The van der Waals surface area contributed by atoms with Crippen molar-refractivity contribution in [3.05, 3.63) is 83.6 Å². The molecule has 1 saturated carbocycles. The van der Waals surface area contributed by atoms with Crippen molar-refractivity contribution in [2.45, 2.75) is 58.5 Å². The second kappa shape index (κ2) is 12.3. The highest BCUT2D eigenvalue weighted by Crippen LogP contribution is 2.39. The maximum absolute atomic E-state index is 12.5. The molecule has 0 spiro atoms. The Morgan fingerprint density at radius 2 is 2.00 bits per heavy atom. The van der Waals surface area contributed by atoms with Crippen molar-refractivity contribution in [3.8, 4) is 12.1 Å². The number of benzene rings is 1. The average molecular weight is 603 g/mol. The molecule has 1 fully saturated rings. The van der Waals surface area contributed by atoms with E-state index < -0.39 is 17.5 Å². The highest BCUT2D eigenvalue weighted by Gasteiger charge is 2.49. The van der Waals surface area contributed by atoms with Crippen molar-refractivity contribution in [2.24, 2.45) is 11.1 Å². The van der Waals surface area contributed by atoms with Gasteiger partial charge in [-0.25, -0.2) is 0 Å². The summed E-state index contributed by atoms with van der Waals surface area (Å²) >= 11 is 0. The number of aromatic nitrogens is 2. The number of allylic oxidation sites excluding steroid dienone is 1. The Hall–Kier alpha value is -5.39. The number of hydrogen-bond donors (Lipinski definition) is 5. The van der Waals surface area contributed by atoms with Gasteiger partial charge in [0.1, 0.15) is 17.7 Å². The fourth-order valence-electron chi connectivity index (χ4n) is 5.58. The Kier molecular flexibility index (Phi) is 8.49. The lowest BCUT2D eigenvalue weighted by Gasteiger charge is -2.44. The van der Waals surface area contributed by atoms with Crippen molar-refractivity contribution >= 4 is 39.8 Å². The third kappa shape index (κ3) is 6.03. The molecule has 2 aromatic heterocycles. The number of hydrazine groups is 2. The van der Waals surface area contributed by atoms with Gasteiger partial charge in [0.05, 0.1) is 39.8 Å². The van der Waals surface area contributed by atoms with Crippen molar-refractivity contribution in [1.29, 1.82) is 10.5 Å². The Balaban J connectivity index is 1.63. The van der Waals surface area contributed by atoms with E-state index in [0.29, 0.717) is 64.1 Å². The van der Waals surface area contributed by atoms with Gasteiger partial charge in [-0.2, -0.15) is 10.5 Å². The molecular formula is C34H38N10O. The minimum atomic E-state index is -0.824. The number of nitrogens with zero attached hydrogens (tertiary/aromatic N) is 5. The molecule has 6 N–H and O–H groups in total. The number of nitrogens with one attached hydrogen (secondary N) is 4. The number of anilines is 2. The van der Waals surface area contributed by atoms with Crippen molar-refractivity contribution < 1.29 is 4.79 Å². The number of carbonyl (C=O) groups excluding carboxylic acids is 1. The first-order valence-electron chi connectivity index (χ1n) is 14.9. The molecule has 1 aliphatic heterocycles. The predicted octanol–water partition coefficient (Wildman–Crippen LogP) is 4.93. The van der Waals surface area contributed by atoms with Crippen LogP contribution in [0.25, 0.3) is 22.6 Å². The van der Waals surface area contributed by atoms with E-state index in [-0.39, 0.29) is 5.41 Å². The van der Waals surface area contributed by atoms with Gasteiger partial charge >= 0.3 is 0 Å². The number of hydrogen-bond acceptors (Lipinski definition) is 10. The van der Waals surface area contributed by atoms with Crippen LogP contribution < -0.4 is 27.3 Å². The molecule has 1 amide bonds. The number of carbonyl (C=O) groups is 1. The van der Waals surface area contributed by atoms with Crippen LogP contribution in [0.2, 0.25) is 0 Å². The Morgan fingerprint density at radius 1 is 1.24 bits per heavy atom. The van der Waals surface area contributed by atoms with Gasteiger partial charge in [0.2, 0.25) is 5.91 Å². The van der Waals surface area contributed by atoms with Crippen LogP contribution in [0.5, 0.6) is 0 Å². The summed E-state index contributed by atoms with van der Waals surface area (Å²) < 4.78 is 0. The lowest BCUT2D eigenvalue weighted by Crippen LogP contribution is -2.63. The zero-order valence-electron chi connectivity index (χ0n) is 26.0. The summed E-state index contributed by atoms with van der Waals surface area (Å²) in [6.45, 7) is 13.3. The van der Waals surface area contributed by atoms with E-state index >= 15 is 0 Å². The molecular weight excluding hydrogens is 564 g/mol. The van der Waals surface area contributed by atoms with E-state index in [2.05, 4.69) is 71.1 Å². The summed E-state index contributed by atoms with van der Waals surface area (Å²) in [7, 11) is 0. The van der Waals surface area contributed by atoms with Gasteiger partial charge in [-0.1, -0.05) is 39.5 Å². The molecule has 45 heavy (non-hydrogen) atoms. The summed E-state index contributed by atoms with van der Waals surface area (Å²) in [6, 6.07) is 11.4. The van der Waals surface area contributed by atoms with Crippen LogP contribution in [0.4, 0.5) is 11.4 Å². The van der Waals surface area contributed by atoms with E-state index in [1.165, 1.54) is 6.20 Å². The highest BCUT2D eigenvalue weighted by molar-refractivity contribution is 5.99. The predicted molar refractivity (Wildman–Crippen MR) is 176 cm³/mol. The van der Waals surface area contributed by atoms with Gasteiger partial charge in [0, 0.05) is 41.8 Å². The first-order chi connectivity index (χ1) is 21.5. The molecule has 0 bridgehead atoms. The molecule has 11 heteroatoms. The number of fused-ring (bicyclic) bond motifs is 1. The molecule has 1 aromatic carbocycles.